The lowest BCUT2D eigenvalue weighted by atomic mass is 10.1. The predicted octanol–water partition coefficient (Wildman–Crippen LogP) is 4.81. The number of rotatable bonds is 5. The summed E-state index contributed by atoms with van der Waals surface area (Å²) in [6.45, 7) is 5.95. The Bertz CT molecular complexity index is 1030. The molecule has 0 spiro atoms. The first kappa shape index (κ1) is 20.5. The molecule has 3 aromatic rings. The Labute approximate surface area is 177 Å². The molecule has 0 saturated heterocycles. The normalized spacial score (nSPS) is 10.9. The number of thioether (sulfide) groups is 1. The van der Waals surface area contributed by atoms with Crippen LogP contribution < -0.4 is 11.1 Å². The molecule has 3 N–H and O–H groups in total. The Hall–Kier alpha value is -2.22. The van der Waals surface area contributed by atoms with E-state index in [1.807, 2.05) is 25.3 Å². The number of carbonyl (C=O) groups is 1. The van der Waals surface area contributed by atoms with E-state index < -0.39 is 0 Å². The van der Waals surface area contributed by atoms with Crippen molar-refractivity contribution in [2.45, 2.75) is 25.9 Å². The van der Waals surface area contributed by atoms with Crippen molar-refractivity contribution in [1.29, 1.82) is 0 Å². The van der Waals surface area contributed by atoms with E-state index in [4.69, 9.17) is 28.9 Å². The lowest BCUT2D eigenvalue weighted by molar-refractivity contribution is -0.113. The molecule has 0 radical (unpaired) electrons. The first-order chi connectivity index (χ1) is 13.3. The van der Waals surface area contributed by atoms with Crippen LogP contribution in [0.25, 0.3) is 5.69 Å². The van der Waals surface area contributed by atoms with Crippen molar-refractivity contribution in [2.75, 3.05) is 16.8 Å². The van der Waals surface area contributed by atoms with Crippen LogP contribution in [0.3, 0.4) is 0 Å². The highest BCUT2D eigenvalue weighted by atomic mass is 35.5. The summed E-state index contributed by atoms with van der Waals surface area (Å²) in [5.41, 5.74) is 9.73. The molecule has 3 rings (SSSR count). The standard InChI is InChI=1S/C19H19Cl2N5OS/c1-10-4-5-11(2)16(6-10)26-12(3)24-25-19(26)28-9-17(27)23-13-7-14(20)18(22)15(21)8-13/h4-8H,9,22H2,1-3H3,(H,23,27). The first-order valence-corrected chi connectivity index (χ1v) is 10.2. The number of nitrogens with two attached hydrogens (primary N) is 1. The number of nitrogens with one attached hydrogen (secondary N) is 1. The van der Waals surface area contributed by atoms with E-state index in [1.165, 1.54) is 11.8 Å². The molecule has 0 fully saturated rings. The zero-order valence-electron chi connectivity index (χ0n) is 15.6. The van der Waals surface area contributed by atoms with E-state index in [0.717, 1.165) is 22.6 Å². The zero-order valence-corrected chi connectivity index (χ0v) is 17.9. The molecule has 1 heterocycles. The molecule has 0 unspecified atom stereocenters. The Morgan fingerprint density at radius 1 is 1.14 bits per heavy atom. The van der Waals surface area contributed by atoms with E-state index in [9.17, 15) is 4.79 Å². The number of hydrogen-bond acceptors (Lipinski definition) is 5. The summed E-state index contributed by atoms with van der Waals surface area (Å²) in [6.07, 6.45) is 0. The van der Waals surface area contributed by atoms with Gasteiger partial charge in [-0.1, -0.05) is 47.1 Å². The van der Waals surface area contributed by atoms with E-state index >= 15 is 0 Å². The van der Waals surface area contributed by atoms with Crippen LogP contribution in [0.2, 0.25) is 10.0 Å². The lowest BCUT2D eigenvalue weighted by Gasteiger charge is -2.12. The van der Waals surface area contributed by atoms with E-state index in [1.54, 1.807) is 12.1 Å². The third kappa shape index (κ3) is 4.43. The number of hydrogen-bond donors (Lipinski definition) is 2. The van der Waals surface area contributed by atoms with Crippen LogP contribution in [0.5, 0.6) is 0 Å². The lowest BCUT2D eigenvalue weighted by Crippen LogP contribution is -2.15. The molecule has 28 heavy (non-hydrogen) atoms. The van der Waals surface area contributed by atoms with Crippen molar-refractivity contribution >= 4 is 52.2 Å². The van der Waals surface area contributed by atoms with Gasteiger partial charge in [-0.2, -0.15) is 0 Å². The topological polar surface area (TPSA) is 85.8 Å². The second kappa shape index (κ2) is 8.43. The van der Waals surface area contributed by atoms with Gasteiger partial charge < -0.3 is 11.1 Å². The Balaban J connectivity index is 1.75. The van der Waals surface area contributed by atoms with Crippen molar-refractivity contribution in [3.05, 3.63) is 57.3 Å². The van der Waals surface area contributed by atoms with Crippen molar-refractivity contribution in [3.63, 3.8) is 0 Å². The third-order valence-corrected chi connectivity index (χ3v) is 5.65. The minimum atomic E-state index is -0.213. The number of aryl methyl sites for hydroxylation is 3. The van der Waals surface area contributed by atoms with Gasteiger partial charge >= 0.3 is 0 Å². The number of nitrogens with zero attached hydrogens (tertiary/aromatic N) is 3. The summed E-state index contributed by atoms with van der Waals surface area (Å²) >= 11 is 13.3. The molecule has 9 heteroatoms. The van der Waals surface area contributed by atoms with Crippen molar-refractivity contribution < 1.29 is 4.79 Å². The van der Waals surface area contributed by atoms with E-state index in [2.05, 4.69) is 33.7 Å². The highest BCUT2D eigenvalue weighted by Gasteiger charge is 2.15. The van der Waals surface area contributed by atoms with E-state index in [-0.39, 0.29) is 17.3 Å². The van der Waals surface area contributed by atoms with Gasteiger partial charge in [0.25, 0.3) is 0 Å². The summed E-state index contributed by atoms with van der Waals surface area (Å²) in [7, 11) is 0. The molecule has 2 aromatic carbocycles. The van der Waals surface area contributed by atoms with Crippen molar-refractivity contribution in [1.82, 2.24) is 14.8 Å². The second-order valence-electron chi connectivity index (χ2n) is 6.35. The SMILES string of the molecule is Cc1ccc(C)c(-n2c(C)nnc2SCC(=O)Nc2cc(Cl)c(N)c(Cl)c2)c1. The zero-order chi connectivity index (χ0) is 20.4. The van der Waals surface area contributed by atoms with Gasteiger partial charge in [0.05, 0.1) is 27.2 Å². The maximum absolute atomic E-state index is 12.4. The van der Waals surface area contributed by atoms with Gasteiger partial charge in [0.2, 0.25) is 5.91 Å². The monoisotopic (exact) mass is 435 g/mol. The van der Waals surface area contributed by atoms with Crippen LogP contribution in [0, 0.1) is 20.8 Å². The Morgan fingerprint density at radius 2 is 1.82 bits per heavy atom. The number of anilines is 2. The van der Waals surface area contributed by atoms with Crippen LogP contribution >= 0.6 is 35.0 Å². The largest absolute Gasteiger partial charge is 0.396 e. The second-order valence-corrected chi connectivity index (χ2v) is 8.10. The van der Waals surface area contributed by atoms with Crippen LogP contribution in [0.4, 0.5) is 11.4 Å². The molecule has 6 nitrogen and oxygen atoms in total. The smallest absolute Gasteiger partial charge is 0.234 e. The quantitative estimate of drug-likeness (QED) is 0.443. The van der Waals surface area contributed by atoms with Gasteiger partial charge in [0.15, 0.2) is 5.16 Å². The summed E-state index contributed by atoms with van der Waals surface area (Å²) in [6, 6.07) is 9.32. The summed E-state index contributed by atoms with van der Waals surface area (Å²) in [5.74, 6) is 0.701. The number of benzene rings is 2. The number of nitrogen functional groups attached to an aromatic ring is 1. The number of aromatic nitrogens is 3. The molecule has 0 bridgehead atoms. The molecule has 146 valence electrons. The van der Waals surface area contributed by atoms with Gasteiger partial charge in [-0.3, -0.25) is 9.36 Å². The first-order valence-electron chi connectivity index (χ1n) is 8.43. The molecule has 0 aliphatic heterocycles. The average molecular weight is 436 g/mol. The molecular weight excluding hydrogens is 417 g/mol. The molecule has 0 saturated carbocycles. The van der Waals surface area contributed by atoms with Gasteiger partial charge in [-0.05, 0) is 50.1 Å². The number of amides is 1. The fourth-order valence-corrected chi connectivity index (χ4v) is 3.94. The fourth-order valence-electron chi connectivity index (χ4n) is 2.66. The molecular formula is C19H19Cl2N5OS. The molecule has 0 aliphatic rings. The van der Waals surface area contributed by atoms with Crippen molar-refractivity contribution in [3.8, 4) is 5.69 Å². The summed E-state index contributed by atoms with van der Waals surface area (Å²) < 4.78 is 1.96. The third-order valence-electron chi connectivity index (χ3n) is 4.10. The number of carbonyl (C=O) groups excluding carboxylic acids is 1. The van der Waals surface area contributed by atoms with Crippen LogP contribution in [-0.2, 0) is 4.79 Å². The van der Waals surface area contributed by atoms with Crippen LogP contribution in [0.1, 0.15) is 17.0 Å². The predicted molar refractivity (Wildman–Crippen MR) is 116 cm³/mol. The maximum atomic E-state index is 12.4. The van der Waals surface area contributed by atoms with Gasteiger partial charge in [0, 0.05) is 5.69 Å². The van der Waals surface area contributed by atoms with Gasteiger partial charge in [-0.15, -0.1) is 10.2 Å². The molecule has 0 aliphatic carbocycles. The Kier molecular flexibility index (Phi) is 6.17. The minimum absolute atomic E-state index is 0.155. The summed E-state index contributed by atoms with van der Waals surface area (Å²) in [5, 5.41) is 12.4. The van der Waals surface area contributed by atoms with Gasteiger partial charge in [0.1, 0.15) is 5.82 Å². The highest BCUT2D eigenvalue weighted by molar-refractivity contribution is 7.99. The highest BCUT2D eigenvalue weighted by Crippen LogP contribution is 2.31. The van der Waals surface area contributed by atoms with Gasteiger partial charge in [-0.25, -0.2) is 0 Å². The van der Waals surface area contributed by atoms with Crippen LogP contribution in [0.15, 0.2) is 35.5 Å². The van der Waals surface area contributed by atoms with E-state index in [0.29, 0.717) is 20.9 Å². The van der Waals surface area contributed by atoms with Crippen LogP contribution in [-0.4, -0.2) is 26.4 Å². The molecule has 0 atom stereocenters. The molecule has 1 amide bonds. The average Bonchev–Trinajstić information content (AvgIpc) is 3.00. The summed E-state index contributed by atoms with van der Waals surface area (Å²) in [4.78, 5) is 12.4. The maximum Gasteiger partial charge on any atom is 0.234 e. The molecule has 1 aromatic heterocycles. The van der Waals surface area contributed by atoms with Crippen molar-refractivity contribution in [2.24, 2.45) is 0 Å². The number of halogens is 2. The Morgan fingerprint density at radius 3 is 2.50 bits per heavy atom. The fraction of sp³-hybridized carbons (Fsp3) is 0.211. The minimum Gasteiger partial charge on any atom is -0.396 e.